The van der Waals surface area contributed by atoms with Gasteiger partial charge in [0.1, 0.15) is 0 Å². The van der Waals surface area contributed by atoms with Gasteiger partial charge in [0.2, 0.25) is 11.7 Å². The van der Waals surface area contributed by atoms with Gasteiger partial charge in [-0.3, -0.25) is 15.1 Å². The minimum atomic E-state index is -0.428. The van der Waals surface area contributed by atoms with Crippen LogP contribution in [0.2, 0.25) is 0 Å². The van der Waals surface area contributed by atoms with Gasteiger partial charge in [-0.1, -0.05) is 17.3 Å². The lowest BCUT2D eigenvalue weighted by Gasteiger charge is -2.05. The van der Waals surface area contributed by atoms with E-state index in [1.54, 1.807) is 36.7 Å². The number of benzene rings is 1. The molecular formula is C15H12N4O3. The molecule has 0 fully saturated rings. The van der Waals surface area contributed by atoms with Crippen molar-refractivity contribution in [3.63, 3.8) is 0 Å². The number of hydrogen-bond donors (Lipinski definition) is 0. The fourth-order valence-electron chi connectivity index (χ4n) is 2.06. The third-order valence-corrected chi connectivity index (χ3v) is 3.35. The maximum atomic E-state index is 10.7. The van der Waals surface area contributed by atoms with Gasteiger partial charge in [-0.05, 0) is 24.6 Å². The van der Waals surface area contributed by atoms with Crippen molar-refractivity contribution in [1.29, 1.82) is 0 Å². The monoisotopic (exact) mass is 296 g/mol. The Kier molecular flexibility index (Phi) is 3.61. The van der Waals surface area contributed by atoms with Crippen molar-refractivity contribution < 1.29 is 9.45 Å². The summed E-state index contributed by atoms with van der Waals surface area (Å²) in [5, 5.41) is 14.6. The molecule has 2 heterocycles. The summed E-state index contributed by atoms with van der Waals surface area (Å²) in [7, 11) is 0. The molecule has 0 aliphatic rings. The molecule has 1 atom stereocenters. The van der Waals surface area contributed by atoms with Crippen molar-refractivity contribution in [1.82, 2.24) is 15.1 Å². The maximum absolute atomic E-state index is 10.7. The standard InChI is InChI=1S/C15H12N4O3/c1-10(11-2-4-13(5-3-11)19(20)21)15-17-14(18-22-15)12-6-8-16-9-7-12/h2-10H,1H3/t10-/m1/s1. The minimum absolute atomic E-state index is 0.0546. The Labute approximate surface area is 125 Å². The number of nitrogens with zero attached hydrogens (tertiary/aromatic N) is 4. The molecule has 7 heteroatoms. The Bertz CT molecular complexity index is 784. The van der Waals surface area contributed by atoms with Gasteiger partial charge in [-0.25, -0.2) is 0 Å². The van der Waals surface area contributed by atoms with E-state index >= 15 is 0 Å². The minimum Gasteiger partial charge on any atom is -0.338 e. The molecule has 3 aromatic rings. The van der Waals surface area contributed by atoms with Crippen LogP contribution in [0.3, 0.4) is 0 Å². The normalized spacial score (nSPS) is 12.0. The van der Waals surface area contributed by atoms with Crippen LogP contribution >= 0.6 is 0 Å². The topological polar surface area (TPSA) is 95.0 Å². The van der Waals surface area contributed by atoms with Gasteiger partial charge in [0, 0.05) is 30.1 Å². The molecule has 7 nitrogen and oxygen atoms in total. The average Bonchev–Trinajstić information content (AvgIpc) is 3.05. The molecule has 0 spiro atoms. The van der Waals surface area contributed by atoms with E-state index in [4.69, 9.17) is 4.52 Å². The second-order valence-corrected chi connectivity index (χ2v) is 4.76. The maximum Gasteiger partial charge on any atom is 0.269 e. The van der Waals surface area contributed by atoms with Crippen molar-refractivity contribution in [3.8, 4) is 11.4 Å². The van der Waals surface area contributed by atoms with Crippen LogP contribution in [0.1, 0.15) is 24.3 Å². The van der Waals surface area contributed by atoms with E-state index in [2.05, 4.69) is 15.1 Å². The lowest BCUT2D eigenvalue weighted by Crippen LogP contribution is -1.97. The van der Waals surface area contributed by atoms with Crippen molar-refractivity contribution in [2.45, 2.75) is 12.8 Å². The molecule has 0 radical (unpaired) electrons. The molecule has 0 saturated carbocycles. The van der Waals surface area contributed by atoms with E-state index in [0.29, 0.717) is 11.7 Å². The zero-order valence-corrected chi connectivity index (χ0v) is 11.7. The summed E-state index contributed by atoms with van der Waals surface area (Å²) in [6.07, 6.45) is 3.32. The summed E-state index contributed by atoms with van der Waals surface area (Å²) in [5.74, 6) is 0.802. The molecule has 3 rings (SSSR count). The fraction of sp³-hybridized carbons (Fsp3) is 0.133. The van der Waals surface area contributed by atoms with Gasteiger partial charge in [-0.15, -0.1) is 0 Å². The molecule has 0 aliphatic heterocycles. The zero-order chi connectivity index (χ0) is 15.5. The molecule has 0 amide bonds. The van der Waals surface area contributed by atoms with E-state index in [1.807, 2.05) is 6.92 Å². The molecule has 0 bridgehead atoms. The lowest BCUT2D eigenvalue weighted by molar-refractivity contribution is -0.384. The van der Waals surface area contributed by atoms with Crippen LogP contribution in [0.5, 0.6) is 0 Å². The molecule has 0 N–H and O–H groups in total. The Morgan fingerprint density at radius 2 is 1.82 bits per heavy atom. The third-order valence-electron chi connectivity index (χ3n) is 3.35. The summed E-state index contributed by atoms with van der Waals surface area (Å²) >= 11 is 0. The van der Waals surface area contributed by atoms with Crippen molar-refractivity contribution in [2.75, 3.05) is 0 Å². The number of nitro groups is 1. The first kappa shape index (κ1) is 13.9. The largest absolute Gasteiger partial charge is 0.338 e. The number of non-ortho nitro benzene ring substituents is 1. The SMILES string of the molecule is C[C@H](c1ccc([N+](=O)[O-])cc1)c1nc(-c2ccncc2)no1. The third kappa shape index (κ3) is 2.69. The lowest BCUT2D eigenvalue weighted by atomic mass is 10.0. The van der Waals surface area contributed by atoms with Gasteiger partial charge in [0.05, 0.1) is 10.8 Å². The average molecular weight is 296 g/mol. The Morgan fingerprint density at radius 3 is 2.45 bits per heavy atom. The van der Waals surface area contributed by atoms with Crippen LogP contribution in [0.15, 0.2) is 53.3 Å². The van der Waals surface area contributed by atoms with Gasteiger partial charge in [-0.2, -0.15) is 4.98 Å². The second kappa shape index (κ2) is 5.72. The summed E-state index contributed by atoms with van der Waals surface area (Å²) in [6.45, 7) is 1.91. The molecular weight excluding hydrogens is 284 g/mol. The highest BCUT2D eigenvalue weighted by atomic mass is 16.6. The highest BCUT2D eigenvalue weighted by Gasteiger charge is 2.18. The molecule has 0 unspecified atom stereocenters. The molecule has 1 aromatic carbocycles. The van der Waals surface area contributed by atoms with Crippen LogP contribution in [-0.4, -0.2) is 20.0 Å². The number of rotatable bonds is 4. The molecule has 2 aromatic heterocycles. The van der Waals surface area contributed by atoms with Crippen LogP contribution in [0, 0.1) is 10.1 Å². The first-order valence-corrected chi connectivity index (χ1v) is 6.63. The quantitative estimate of drug-likeness (QED) is 0.542. The van der Waals surface area contributed by atoms with Gasteiger partial charge in [0.15, 0.2) is 0 Å². The molecule has 0 aliphatic carbocycles. The van der Waals surface area contributed by atoms with Gasteiger partial charge in [0.25, 0.3) is 5.69 Å². The highest BCUT2D eigenvalue weighted by Crippen LogP contribution is 2.26. The molecule has 110 valence electrons. The van der Waals surface area contributed by atoms with E-state index in [-0.39, 0.29) is 11.6 Å². The number of nitro benzene ring substituents is 1. The molecule has 0 saturated heterocycles. The summed E-state index contributed by atoms with van der Waals surface area (Å²) in [5.41, 5.74) is 1.75. The zero-order valence-electron chi connectivity index (χ0n) is 11.7. The number of hydrogen-bond acceptors (Lipinski definition) is 6. The predicted molar refractivity (Wildman–Crippen MR) is 78.1 cm³/mol. The Hall–Kier alpha value is -3.09. The smallest absolute Gasteiger partial charge is 0.269 e. The van der Waals surface area contributed by atoms with E-state index < -0.39 is 4.92 Å². The van der Waals surface area contributed by atoms with E-state index in [0.717, 1.165) is 11.1 Å². The van der Waals surface area contributed by atoms with E-state index in [1.165, 1.54) is 12.1 Å². The van der Waals surface area contributed by atoms with Gasteiger partial charge < -0.3 is 4.52 Å². The summed E-state index contributed by atoms with van der Waals surface area (Å²) in [6, 6.07) is 9.91. The van der Waals surface area contributed by atoms with Crippen LogP contribution < -0.4 is 0 Å². The summed E-state index contributed by atoms with van der Waals surface area (Å²) < 4.78 is 5.30. The van der Waals surface area contributed by atoms with Crippen LogP contribution in [-0.2, 0) is 0 Å². The first-order chi connectivity index (χ1) is 10.6. The highest BCUT2D eigenvalue weighted by molar-refractivity contribution is 5.52. The van der Waals surface area contributed by atoms with E-state index in [9.17, 15) is 10.1 Å². The fourth-order valence-corrected chi connectivity index (χ4v) is 2.06. The van der Waals surface area contributed by atoms with Crippen LogP contribution in [0.4, 0.5) is 5.69 Å². The van der Waals surface area contributed by atoms with Gasteiger partial charge >= 0.3 is 0 Å². The number of aromatic nitrogens is 3. The number of pyridine rings is 1. The van der Waals surface area contributed by atoms with Crippen molar-refractivity contribution in [3.05, 3.63) is 70.4 Å². The second-order valence-electron chi connectivity index (χ2n) is 4.76. The Morgan fingerprint density at radius 1 is 1.14 bits per heavy atom. The Balaban J connectivity index is 1.85. The predicted octanol–water partition coefficient (Wildman–Crippen LogP) is 3.19. The summed E-state index contributed by atoms with van der Waals surface area (Å²) in [4.78, 5) is 18.6. The van der Waals surface area contributed by atoms with Crippen LogP contribution in [0.25, 0.3) is 11.4 Å². The van der Waals surface area contributed by atoms with Crippen molar-refractivity contribution >= 4 is 5.69 Å². The molecule has 22 heavy (non-hydrogen) atoms. The van der Waals surface area contributed by atoms with Crippen molar-refractivity contribution in [2.24, 2.45) is 0 Å². The first-order valence-electron chi connectivity index (χ1n) is 6.63.